The average Bonchev–Trinajstić information content (AvgIpc) is 0.722. The van der Waals surface area contributed by atoms with E-state index >= 15 is 0 Å². The van der Waals surface area contributed by atoms with Gasteiger partial charge in [0.15, 0.2) is 0 Å². The zero-order valence-corrected chi connectivity index (χ0v) is 13.1. The summed E-state index contributed by atoms with van der Waals surface area (Å²) >= 11 is 0. The van der Waals surface area contributed by atoms with Gasteiger partial charge in [0.25, 0.3) is 0 Å². The van der Waals surface area contributed by atoms with Gasteiger partial charge in [-0.05, 0) is 0 Å². The molecule has 0 saturated heterocycles. The van der Waals surface area contributed by atoms with E-state index in [2.05, 4.69) is 0 Å². The first-order valence-electron chi connectivity index (χ1n) is 0.730. The molecule has 0 aliphatic carbocycles. The second kappa shape index (κ2) is 10.7. The van der Waals surface area contributed by atoms with Crippen LogP contribution in [0.2, 0.25) is 0 Å². The number of rotatable bonds is 0. The Labute approximate surface area is 137 Å². The average molecular weight is 182 g/mol. The van der Waals surface area contributed by atoms with E-state index in [0.29, 0.717) is 0 Å². The molecule has 0 unspecified atom stereocenters. The second-order valence-corrected chi connectivity index (χ2v) is 1.34. The molecule has 8 heteroatoms. The van der Waals surface area contributed by atoms with E-state index < -0.39 is 7.82 Å². The molecule has 0 aromatic carbocycles. The maximum atomic E-state index is 8.55. The topological polar surface area (TPSA) is 86.2 Å². The second-order valence-electron chi connectivity index (χ2n) is 0.447. The van der Waals surface area contributed by atoms with Crippen LogP contribution in [0.5, 0.6) is 0 Å². The van der Waals surface area contributed by atoms with E-state index in [4.69, 9.17) is 19.2 Å². The van der Waals surface area contributed by atoms with Gasteiger partial charge in [0.05, 0.1) is 0 Å². The molecule has 0 N–H and O–H groups in total. The molecule has 0 rings (SSSR count). The smallest absolute Gasteiger partial charge is 1.00 e. The largest absolute Gasteiger partial charge is 1.00 e. The molecule has 0 fully saturated rings. The standard InChI is InChI=1S/K.2Na.H3O4P.H/c;;;1-5(2,3)4;/h;;;(H3,1,2,3,4);/q3*+1;;-1/p-2. The van der Waals surface area contributed by atoms with Crippen molar-refractivity contribution in [2.75, 3.05) is 0 Å². The quantitative estimate of drug-likeness (QED) is 0.275. The third-order valence-electron chi connectivity index (χ3n) is 0. The van der Waals surface area contributed by atoms with Gasteiger partial charge in [-0.1, -0.05) is 0 Å². The van der Waals surface area contributed by atoms with Gasteiger partial charge in [0.1, 0.15) is 0 Å². The summed E-state index contributed by atoms with van der Waals surface area (Å²) in [6, 6.07) is 0. The van der Waals surface area contributed by atoms with Gasteiger partial charge in [-0.15, -0.1) is 0 Å². The van der Waals surface area contributed by atoms with Gasteiger partial charge in [-0.3, -0.25) is 0 Å². The fraction of sp³-hybridized carbons (Fsp3) is 0. The Morgan fingerprint density at radius 2 is 1.25 bits per heavy atom. The van der Waals surface area contributed by atoms with E-state index in [1.54, 1.807) is 0 Å². The molecule has 0 aromatic heterocycles. The maximum Gasteiger partial charge on any atom is 1.00 e. The van der Waals surface area contributed by atoms with Crippen LogP contribution in [0.1, 0.15) is 2.85 Å². The first kappa shape index (κ1) is 22.6. The molecule has 0 aliphatic heterocycles. The van der Waals surface area contributed by atoms with Crippen LogP contribution >= 0.6 is 7.82 Å². The van der Waals surface area contributed by atoms with Crippen molar-refractivity contribution in [2.45, 2.75) is 0 Å². The van der Waals surface area contributed by atoms with Gasteiger partial charge in [-0.2, -0.15) is 7.82 Å². The van der Waals surface area contributed by atoms with E-state index in [1.807, 2.05) is 0 Å². The molecule has 0 aliphatic rings. The van der Waals surface area contributed by atoms with Crippen molar-refractivity contribution in [3.8, 4) is 0 Å². The normalized spacial score (nSPS) is 7.38. The summed E-state index contributed by atoms with van der Waals surface area (Å²) < 4.78 is 8.55. The molecule has 0 aromatic rings. The van der Waals surface area contributed by atoms with Crippen LogP contribution in [0, 0.1) is 0 Å². The van der Waals surface area contributed by atoms with E-state index in [-0.39, 0.29) is 113 Å². The minimum atomic E-state index is -5.39. The van der Waals surface area contributed by atoms with Crippen LogP contribution < -0.4 is 125 Å². The maximum absolute atomic E-state index is 8.55. The van der Waals surface area contributed by atoms with Crippen LogP contribution in [0.3, 0.4) is 0 Å². The summed E-state index contributed by atoms with van der Waals surface area (Å²) in [4.78, 5) is 25.6. The number of phosphoric acid groups is 1. The van der Waals surface area contributed by atoms with Crippen molar-refractivity contribution in [3.05, 3.63) is 0 Å². The van der Waals surface area contributed by atoms with Crippen LogP contribution in [-0.4, -0.2) is 0 Å². The monoisotopic (exact) mass is 182 g/mol. The molecular weight excluding hydrogens is 180 g/mol. The summed E-state index contributed by atoms with van der Waals surface area (Å²) in [5.74, 6) is 0. The molecule has 4 nitrogen and oxygen atoms in total. The van der Waals surface area contributed by atoms with Gasteiger partial charge in [0, 0.05) is 0 Å². The molecule has 0 heterocycles. The minimum absolute atomic E-state index is 0. The Hall–Kier alpha value is 3.75. The summed E-state index contributed by atoms with van der Waals surface area (Å²) in [6.07, 6.45) is 0. The summed E-state index contributed by atoms with van der Waals surface area (Å²) in [5.41, 5.74) is 0. The van der Waals surface area contributed by atoms with Crippen molar-refractivity contribution < 1.29 is 133 Å². The van der Waals surface area contributed by atoms with Crippen LogP contribution in [0.25, 0.3) is 0 Å². The first-order chi connectivity index (χ1) is 2.00. The Balaban J connectivity index is -0.00000000800. The van der Waals surface area contributed by atoms with Crippen molar-refractivity contribution in [1.29, 1.82) is 0 Å². The van der Waals surface area contributed by atoms with Crippen molar-refractivity contribution >= 4 is 7.82 Å². The zero-order valence-electron chi connectivity index (χ0n) is 7.08. The molecule has 0 spiro atoms. The minimum Gasteiger partial charge on any atom is -1.00 e. The number of hydrogen-bond donors (Lipinski definition) is 0. The fourth-order valence-electron chi connectivity index (χ4n) is 0. The van der Waals surface area contributed by atoms with E-state index in [9.17, 15) is 0 Å². The Bertz CT molecular complexity index is 67.4. The van der Waals surface area contributed by atoms with Gasteiger partial charge in [-0.25, -0.2) is 0 Å². The van der Waals surface area contributed by atoms with Crippen LogP contribution in [0.4, 0.5) is 0 Å². The van der Waals surface area contributed by atoms with Crippen molar-refractivity contribution in [2.24, 2.45) is 0 Å². The predicted molar refractivity (Wildman–Crippen MR) is 9.83 cm³/mol. The van der Waals surface area contributed by atoms with E-state index in [1.165, 1.54) is 0 Å². The molecule has 8 heavy (non-hydrogen) atoms. The van der Waals surface area contributed by atoms with Crippen LogP contribution in [0.15, 0.2) is 0 Å². The van der Waals surface area contributed by atoms with Gasteiger partial charge in [0.2, 0.25) is 0 Å². The third kappa shape index (κ3) is 53.1. The first-order valence-corrected chi connectivity index (χ1v) is 2.19. The summed E-state index contributed by atoms with van der Waals surface area (Å²) in [7, 11) is -5.39. The Morgan fingerprint density at radius 1 is 1.25 bits per heavy atom. The van der Waals surface area contributed by atoms with E-state index in [0.717, 1.165) is 0 Å². The Morgan fingerprint density at radius 3 is 1.25 bits per heavy atom. The molecule has 0 bridgehead atoms. The molecule has 34 valence electrons. The van der Waals surface area contributed by atoms with Crippen molar-refractivity contribution in [1.82, 2.24) is 0 Å². The Kier molecular flexibility index (Phi) is 30.4. The third-order valence-corrected chi connectivity index (χ3v) is 0. The SMILES string of the molecule is O=P([O-])([O-])[O-].[H+].[H-].[K+].[Na+].[Na+]. The summed E-state index contributed by atoms with van der Waals surface area (Å²) in [5, 5.41) is 0. The zero-order chi connectivity index (χ0) is 4.50. The molecular formula is H2KNa2O4P. The van der Waals surface area contributed by atoms with Crippen molar-refractivity contribution in [3.63, 3.8) is 0 Å². The molecule has 0 atom stereocenters. The molecule has 0 amide bonds. The summed E-state index contributed by atoms with van der Waals surface area (Å²) in [6.45, 7) is 0. The van der Waals surface area contributed by atoms with Gasteiger partial charge < -0.3 is 20.7 Å². The fourth-order valence-corrected chi connectivity index (χ4v) is 0. The van der Waals surface area contributed by atoms with Gasteiger partial charge >= 0.3 is 112 Å². The predicted octanol–water partition coefficient (Wildman–Crippen LogP) is -11.6. The molecule has 0 saturated carbocycles. The van der Waals surface area contributed by atoms with Crippen LogP contribution in [-0.2, 0) is 4.57 Å². The number of hydrogen-bond acceptors (Lipinski definition) is 4. The molecule has 0 radical (unpaired) electrons.